The van der Waals surface area contributed by atoms with Crippen LogP contribution >= 0.6 is 22.6 Å². The largest absolute Gasteiger partial charge is 0.497 e. The van der Waals surface area contributed by atoms with Crippen molar-refractivity contribution < 1.29 is 13.9 Å². The van der Waals surface area contributed by atoms with Crippen LogP contribution in [0.3, 0.4) is 0 Å². The Morgan fingerprint density at radius 2 is 2.15 bits per heavy atom. The SMILES string of the molecule is COc1cc(I)c(F)c(C(C)=O)c1. The molecule has 1 rings (SSSR count). The number of Topliss-reactive ketones (excluding diaryl/α,β-unsaturated/α-hetero) is 1. The van der Waals surface area contributed by atoms with Crippen LogP contribution in [0.4, 0.5) is 4.39 Å². The Balaban J connectivity index is 3.33. The molecule has 0 N–H and O–H groups in total. The van der Waals surface area contributed by atoms with Crippen LogP contribution in [0.25, 0.3) is 0 Å². The lowest BCUT2D eigenvalue weighted by Crippen LogP contribution is -2.00. The highest BCUT2D eigenvalue weighted by molar-refractivity contribution is 14.1. The maximum atomic E-state index is 13.3. The van der Waals surface area contributed by atoms with Crippen LogP contribution in [0.1, 0.15) is 17.3 Å². The second-order valence-corrected chi connectivity index (χ2v) is 3.69. The molecule has 0 aliphatic heterocycles. The molecule has 0 saturated carbocycles. The molecule has 0 aliphatic rings. The predicted molar refractivity (Wildman–Crippen MR) is 55.7 cm³/mol. The number of ether oxygens (including phenoxy) is 1. The van der Waals surface area contributed by atoms with E-state index in [1.165, 1.54) is 20.1 Å². The zero-order valence-corrected chi connectivity index (χ0v) is 9.38. The van der Waals surface area contributed by atoms with Crippen LogP contribution in [0.15, 0.2) is 12.1 Å². The molecule has 0 heterocycles. The number of hydrogen-bond donors (Lipinski definition) is 0. The van der Waals surface area contributed by atoms with Crippen molar-refractivity contribution in [3.05, 3.63) is 27.1 Å². The van der Waals surface area contributed by atoms with Crippen molar-refractivity contribution >= 4 is 28.4 Å². The lowest BCUT2D eigenvalue weighted by molar-refractivity contribution is 0.101. The number of carbonyl (C=O) groups is 1. The molecule has 0 spiro atoms. The van der Waals surface area contributed by atoms with Gasteiger partial charge in [-0.3, -0.25) is 4.79 Å². The van der Waals surface area contributed by atoms with Gasteiger partial charge in [0.2, 0.25) is 0 Å². The molecule has 0 saturated heterocycles. The van der Waals surface area contributed by atoms with E-state index < -0.39 is 5.82 Å². The summed E-state index contributed by atoms with van der Waals surface area (Å²) in [5, 5.41) is 0. The van der Waals surface area contributed by atoms with Gasteiger partial charge in [-0.25, -0.2) is 4.39 Å². The van der Waals surface area contributed by atoms with E-state index in [9.17, 15) is 9.18 Å². The van der Waals surface area contributed by atoms with Crippen LogP contribution < -0.4 is 4.74 Å². The van der Waals surface area contributed by atoms with Gasteiger partial charge in [-0.05, 0) is 41.6 Å². The van der Waals surface area contributed by atoms with E-state index in [4.69, 9.17) is 4.74 Å². The third-order valence-corrected chi connectivity index (χ3v) is 2.40. The highest BCUT2D eigenvalue weighted by Crippen LogP contribution is 2.22. The Morgan fingerprint density at radius 3 is 2.62 bits per heavy atom. The summed E-state index contributed by atoms with van der Waals surface area (Å²) in [7, 11) is 1.48. The predicted octanol–water partition coefficient (Wildman–Crippen LogP) is 2.64. The van der Waals surface area contributed by atoms with Crippen molar-refractivity contribution in [2.45, 2.75) is 6.92 Å². The maximum Gasteiger partial charge on any atom is 0.162 e. The summed E-state index contributed by atoms with van der Waals surface area (Å²) in [6.45, 7) is 1.33. The molecule has 70 valence electrons. The van der Waals surface area contributed by atoms with Gasteiger partial charge in [0.25, 0.3) is 0 Å². The average Bonchev–Trinajstić information content (AvgIpc) is 2.09. The monoisotopic (exact) mass is 294 g/mol. The fraction of sp³-hybridized carbons (Fsp3) is 0.222. The van der Waals surface area contributed by atoms with Crippen molar-refractivity contribution in [1.82, 2.24) is 0 Å². The Morgan fingerprint density at radius 1 is 1.54 bits per heavy atom. The minimum Gasteiger partial charge on any atom is -0.497 e. The van der Waals surface area contributed by atoms with Crippen molar-refractivity contribution in [3.63, 3.8) is 0 Å². The van der Waals surface area contributed by atoms with Gasteiger partial charge in [0.1, 0.15) is 11.6 Å². The van der Waals surface area contributed by atoms with Gasteiger partial charge in [0, 0.05) is 0 Å². The number of hydrogen-bond acceptors (Lipinski definition) is 2. The maximum absolute atomic E-state index is 13.3. The Kier molecular flexibility index (Phi) is 3.24. The van der Waals surface area contributed by atoms with E-state index in [0.717, 1.165) is 0 Å². The molecular formula is C9H8FIO2. The number of benzene rings is 1. The average molecular weight is 294 g/mol. The number of rotatable bonds is 2. The van der Waals surface area contributed by atoms with Gasteiger partial charge >= 0.3 is 0 Å². The summed E-state index contributed by atoms with van der Waals surface area (Å²) in [6.07, 6.45) is 0. The van der Waals surface area contributed by atoms with Crippen molar-refractivity contribution in [2.24, 2.45) is 0 Å². The lowest BCUT2D eigenvalue weighted by atomic mass is 10.1. The molecule has 4 heteroatoms. The topological polar surface area (TPSA) is 26.3 Å². The lowest BCUT2D eigenvalue weighted by Gasteiger charge is -2.05. The molecule has 0 radical (unpaired) electrons. The summed E-state index contributed by atoms with van der Waals surface area (Å²) in [5.41, 5.74) is 0.0729. The molecule has 0 bridgehead atoms. The van der Waals surface area contributed by atoms with Crippen molar-refractivity contribution in [2.75, 3.05) is 7.11 Å². The second-order valence-electron chi connectivity index (χ2n) is 2.53. The first-order valence-corrected chi connectivity index (χ1v) is 4.68. The summed E-state index contributed by atoms with van der Waals surface area (Å²) < 4.78 is 18.6. The first kappa shape index (κ1) is 10.4. The smallest absolute Gasteiger partial charge is 0.162 e. The molecule has 0 aromatic heterocycles. The van der Waals surface area contributed by atoms with Gasteiger partial charge in [-0.2, -0.15) is 0 Å². The van der Waals surface area contributed by atoms with Crippen molar-refractivity contribution in [3.8, 4) is 5.75 Å². The molecule has 2 nitrogen and oxygen atoms in total. The van der Waals surface area contributed by atoms with E-state index in [2.05, 4.69) is 0 Å². The molecule has 0 atom stereocenters. The van der Waals surface area contributed by atoms with Crippen LogP contribution in [-0.2, 0) is 0 Å². The Labute approximate surface area is 89.2 Å². The molecule has 0 aliphatic carbocycles. The Bertz CT molecular complexity index is 350. The first-order chi connectivity index (χ1) is 6.06. The van der Waals surface area contributed by atoms with Gasteiger partial charge in [-0.15, -0.1) is 0 Å². The number of halogens is 2. The second kappa shape index (κ2) is 4.04. The summed E-state index contributed by atoms with van der Waals surface area (Å²) in [5.74, 6) is -0.279. The first-order valence-electron chi connectivity index (χ1n) is 3.60. The third kappa shape index (κ3) is 2.18. The van der Waals surface area contributed by atoms with Crippen LogP contribution in [0.5, 0.6) is 5.75 Å². The number of methoxy groups -OCH3 is 1. The van der Waals surface area contributed by atoms with E-state index >= 15 is 0 Å². The molecule has 1 aromatic rings. The molecule has 0 unspecified atom stereocenters. The quantitative estimate of drug-likeness (QED) is 0.619. The fourth-order valence-electron chi connectivity index (χ4n) is 0.938. The van der Waals surface area contributed by atoms with Crippen LogP contribution in [0, 0.1) is 9.39 Å². The highest BCUT2D eigenvalue weighted by Gasteiger charge is 2.12. The van der Waals surface area contributed by atoms with Gasteiger partial charge < -0.3 is 4.74 Å². The fourth-order valence-corrected chi connectivity index (χ4v) is 1.54. The molecular weight excluding hydrogens is 286 g/mol. The Hall–Kier alpha value is -0.650. The van der Waals surface area contributed by atoms with E-state index in [-0.39, 0.29) is 11.3 Å². The molecule has 0 amide bonds. The third-order valence-electron chi connectivity index (χ3n) is 1.62. The minimum atomic E-state index is -0.478. The van der Waals surface area contributed by atoms with Gasteiger partial charge in [-0.1, -0.05) is 0 Å². The number of ketones is 1. The van der Waals surface area contributed by atoms with Crippen LogP contribution in [0.2, 0.25) is 0 Å². The molecule has 1 aromatic carbocycles. The van der Waals surface area contributed by atoms with E-state index in [1.807, 2.05) is 22.6 Å². The zero-order valence-electron chi connectivity index (χ0n) is 7.23. The van der Waals surface area contributed by atoms with Gasteiger partial charge in [0.05, 0.1) is 16.2 Å². The summed E-state index contributed by atoms with van der Waals surface area (Å²) in [6, 6.07) is 2.95. The highest BCUT2D eigenvalue weighted by atomic mass is 127. The van der Waals surface area contributed by atoms with E-state index in [1.54, 1.807) is 6.07 Å². The molecule has 0 fully saturated rings. The standard InChI is InChI=1S/C9H8FIO2/c1-5(12)7-3-6(13-2)4-8(11)9(7)10/h3-4H,1-2H3. The normalized spacial score (nSPS) is 9.85. The summed E-state index contributed by atoms with van der Waals surface area (Å²) in [4.78, 5) is 11.0. The minimum absolute atomic E-state index is 0.0729. The summed E-state index contributed by atoms with van der Waals surface area (Å²) >= 11 is 1.83. The van der Waals surface area contributed by atoms with Crippen LogP contribution in [-0.4, -0.2) is 12.9 Å². The van der Waals surface area contributed by atoms with Gasteiger partial charge in [0.15, 0.2) is 5.78 Å². The molecule has 13 heavy (non-hydrogen) atoms. The number of carbonyl (C=O) groups excluding carboxylic acids is 1. The van der Waals surface area contributed by atoms with Crippen molar-refractivity contribution in [1.29, 1.82) is 0 Å². The van der Waals surface area contributed by atoms with E-state index in [0.29, 0.717) is 9.32 Å². The zero-order chi connectivity index (χ0) is 10.0.